The zero-order valence-corrected chi connectivity index (χ0v) is 16.4. The number of amides is 1. The fourth-order valence-electron chi connectivity index (χ4n) is 2.19. The molecule has 0 saturated carbocycles. The van der Waals surface area contributed by atoms with Crippen molar-refractivity contribution in [3.63, 3.8) is 0 Å². The van der Waals surface area contributed by atoms with Crippen molar-refractivity contribution in [3.8, 4) is 17.6 Å². The fraction of sp³-hybridized carbons (Fsp3) is 0.211. The third-order valence-electron chi connectivity index (χ3n) is 3.45. The number of rotatable bonds is 6. The molecule has 0 spiro atoms. The van der Waals surface area contributed by atoms with Crippen LogP contribution in [0.15, 0.2) is 47.4 Å². The van der Waals surface area contributed by atoms with Crippen LogP contribution in [0.25, 0.3) is 0 Å². The van der Waals surface area contributed by atoms with Crippen molar-refractivity contribution < 1.29 is 17.9 Å². The first kappa shape index (κ1) is 20.8. The summed E-state index contributed by atoms with van der Waals surface area (Å²) in [5.74, 6) is 5.80. The molecule has 6 nitrogen and oxygen atoms in total. The lowest BCUT2D eigenvalue weighted by Crippen LogP contribution is -2.24. The molecular weight excluding hydrogens is 388 g/mol. The Balaban J connectivity index is 1.87. The maximum atomic E-state index is 12.3. The second-order valence-electron chi connectivity index (χ2n) is 5.54. The Kier molecular flexibility index (Phi) is 7.25. The van der Waals surface area contributed by atoms with Gasteiger partial charge in [-0.25, -0.2) is 8.42 Å². The molecule has 1 amide bonds. The molecule has 0 fully saturated rings. The smallest absolute Gasteiger partial charge is 0.241 e. The maximum absolute atomic E-state index is 12.3. The summed E-state index contributed by atoms with van der Waals surface area (Å²) >= 11 is 5.96. The van der Waals surface area contributed by atoms with Gasteiger partial charge < -0.3 is 10.1 Å². The van der Waals surface area contributed by atoms with Crippen molar-refractivity contribution in [2.75, 3.05) is 18.5 Å². The minimum Gasteiger partial charge on any atom is -0.481 e. The third kappa shape index (κ3) is 6.29. The Labute approximate surface area is 163 Å². The number of sulfonamides is 1. The van der Waals surface area contributed by atoms with Crippen LogP contribution in [0.3, 0.4) is 0 Å². The molecule has 2 rings (SSSR count). The van der Waals surface area contributed by atoms with Crippen molar-refractivity contribution in [1.82, 2.24) is 4.72 Å². The molecule has 0 unspecified atom stereocenters. The molecule has 142 valence electrons. The summed E-state index contributed by atoms with van der Waals surface area (Å²) in [6, 6.07) is 11.6. The van der Waals surface area contributed by atoms with Crippen molar-refractivity contribution in [3.05, 3.63) is 53.1 Å². The zero-order chi connectivity index (χ0) is 19.9. The van der Waals surface area contributed by atoms with Gasteiger partial charge in [-0.15, -0.1) is 0 Å². The molecule has 2 N–H and O–H groups in total. The highest BCUT2D eigenvalue weighted by atomic mass is 35.5. The van der Waals surface area contributed by atoms with E-state index >= 15 is 0 Å². The second kappa shape index (κ2) is 9.42. The summed E-state index contributed by atoms with van der Waals surface area (Å²) in [6.07, 6.45) is 0. The molecule has 0 bridgehead atoms. The van der Waals surface area contributed by atoms with Gasteiger partial charge in [-0.1, -0.05) is 35.6 Å². The number of anilines is 1. The Hall–Kier alpha value is -2.53. The number of hydrogen-bond donors (Lipinski definition) is 2. The minimum absolute atomic E-state index is 0.0520. The minimum atomic E-state index is -3.69. The van der Waals surface area contributed by atoms with Crippen LogP contribution in [0.5, 0.6) is 5.75 Å². The number of nitrogens with one attached hydrogen (secondary N) is 2. The van der Waals surface area contributed by atoms with Gasteiger partial charge in [0.05, 0.1) is 11.4 Å². The summed E-state index contributed by atoms with van der Waals surface area (Å²) in [4.78, 5) is 11.2. The number of halogens is 1. The van der Waals surface area contributed by atoms with Gasteiger partial charge in [-0.05, 0) is 36.8 Å². The highest BCUT2D eigenvalue weighted by molar-refractivity contribution is 7.89. The quantitative estimate of drug-likeness (QED) is 0.722. The van der Waals surface area contributed by atoms with Crippen molar-refractivity contribution in [1.29, 1.82) is 0 Å². The molecule has 0 radical (unpaired) electrons. The molecule has 0 saturated heterocycles. The molecule has 2 aromatic carbocycles. The topological polar surface area (TPSA) is 84.5 Å². The van der Waals surface area contributed by atoms with E-state index in [2.05, 4.69) is 21.9 Å². The molecule has 0 aliphatic rings. The Morgan fingerprint density at radius 2 is 1.93 bits per heavy atom. The average molecular weight is 407 g/mol. The van der Waals surface area contributed by atoms with E-state index in [1.165, 1.54) is 13.0 Å². The van der Waals surface area contributed by atoms with Crippen molar-refractivity contribution >= 4 is 33.2 Å². The molecule has 27 heavy (non-hydrogen) atoms. The van der Waals surface area contributed by atoms with Gasteiger partial charge in [-0.3, -0.25) is 4.79 Å². The van der Waals surface area contributed by atoms with Gasteiger partial charge in [0.1, 0.15) is 12.4 Å². The van der Waals surface area contributed by atoms with Crippen LogP contribution in [-0.4, -0.2) is 27.5 Å². The largest absolute Gasteiger partial charge is 0.481 e. The van der Waals surface area contributed by atoms with E-state index in [1.807, 2.05) is 0 Å². The summed E-state index contributed by atoms with van der Waals surface area (Å²) in [5.41, 5.74) is 1.11. The van der Waals surface area contributed by atoms with E-state index in [0.29, 0.717) is 22.0 Å². The first-order chi connectivity index (χ1) is 12.8. The van der Waals surface area contributed by atoms with Crippen LogP contribution >= 0.6 is 11.6 Å². The van der Waals surface area contributed by atoms with Gasteiger partial charge in [0, 0.05) is 23.7 Å². The van der Waals surface area contributed by atoms with Crippen LogP contribution in [0, 0.1) is 18.8 Å². The Morgan fingerprint density at radius 1 is 1.19 bits per heavy atom. The van der Waals surface area contributed by atoms with Gasteiger partial charge >= 0.3 is 0 Å². The number of carbonyl (C=O) groups excluding carboxylic acids is 1. The summed E-state index contributed by atoms with van der Waals surface area (Å²) in [5, 5.41) is 3.04. The normalized spacial score (nSPS) is 10.6. The SMILES string of the molecule is CC(=O)Nc1cccc(OCC#CCNS(=O)(=O)c2cccc(Cl)c2C)c1. The van der Waals surface area contributed by atoms with E-state index in [4.69, 9.17) is 16.3 Å². The number of ether oxygens (including phenoxy) is 1. The van der Waals surface area contributed by atoms with Crippen molar-refractivity contribution in [2.24, 2.45) is 0 Å². The second-order valence-corrected chi connectivity index (χ2v) is 7.68. The van der Waals surface area contributed by atoms with Crippen LogP contribution in [0.4, 0.5) is 5.69 Å². The predicted octanol–water partition coefficient (Wildman–Crippen LogP) is 2.97. The fourth-order valence-corrected chi connectivity index (χ4v) is 3.61. The van der Waals surface area contributed by atoms with Crippen LogP contribution in [0.1, 0.15) is 12.5 Å². The highest BCUT2D eigenvalue weighted by Gasteiger charge is 2.16. The van der Waals surface area contributed by atoms with Crippen LogP contribution in [-0.2, 0) is 14.8 Å². The number of carbonyl (C=O) groups is 1. The van der Waals surface area contributed by atoms with E-state index < -0.39 is 10.0 Å². The lowest BCUT2D eigenvalue weighted by molar-refractivity contribution is -0.114. The standard InChI is InChI=1S/C19H19ClN2O4S/c1-14-18(20)9-6-10-19(14)27(24,25)21-11-3-4-12-26-17-8-5-7-16(13-17)22-15(2)23/h5-10,13,21H,11-12H2,1-2H3,(H,22,23). The lowest BCUT2D eigenvalue weighted by atomic mass is 10.2. The molecule has 0 heterocycles. The molecule has 0 aliphatic heterocycles. The van der Waals surface area contributed by atoms with E-state index in [0.717, 1.165) is 0 Å². The summed E-state index contributed by atoms with van der Waals surface area (Å²) in [7, 11) is -3.69. The van der Waals surface area contributed by atoms with E-state index in [1.54, 1.807) is 43.3 Å². The van der Waals surface area contributed by atoms with Gasteiger partial charge in [0.25, 0.3) is 0 Å². The monoisotopic (exact) mass is 406 g/mol. The first-order valence-electron chi connectivity index (χ1n) is 8.00. The van der Waals surface area contributed by atoms with E-state index in [9.17, 15) is 13.2 Å². The summed E-state index contributed by atoms with van der Waals surface area (Å²) < 4.78 is 32.4. The summed E-state index contributed by atoms with van der Waals surface area (Å²) in [6.45, 7) is 3.10. The molecule has 0 aliphatic carbocycles. The van der Waals surface area contributed by atoms with E-state index in [-0.39, 0.29) is 24.0 Å². The lowest BCUT2D eigenvalue weighted by Gasteiger charge is -2.08. The Morgan fingerprint density at radius 3 is 2.67 bits per heavy atom. The average Bonchev–Trinajstić information content (AvgIpc) is 2.60. The first-order valence-corrected chi connectivity index (χ1v) is 9.86. The van der Waals surface area contributed by atoms with Crippen LogP contribution < -0.4 is 14.8 Å². The van der Waals surface area contributed by atoms with Crippen molar-refractivity contribution in [2.45, 2.75) is 18.7 Å². The molecular formula is C19H19ClN2O4S. The molecule has 0 atom stereocenters. The highest BCUT2D eigenvalue weighted by Crippen LogP contribution is 2.22. The Bertz CT molecular complexity index is 994. The van der Waals surface area contributed by atoms with Gasteiger partial charge in [0.2, 0.25) is 15.9 Å². The molecule has 0 aromatic heterocycles. The van der Waals surface area contributed by atoms with Gasteiger partial charge in [0.15, 0.2) is 0 Å². The molecule has 2 aromatic rings. The maximum Gasteiger partial charge on any atom is 0.241 e. The number of hydrogen-bond acceptors (Lipinski definition) is 4. The third-order valence-corrected chi connectivity index (χ3v) is 5.40. The number of benzene rings is 2. The van der Waals surface area contributed by atoms with Crippen LogP contribution in [0.2, 0.25) is 5.02 Å². The zero-order valence-electron chi connectivity index (χ0n) is 14.9. The van der Waals surface area contributed by atoms with Gasteiger partial charge in [-0.2, -0.15) is 4.72 Å². The predicted molar refractivity (Wildman–Crippen MR) is 105 cm³/mol. The molecule has 8 heteroatoms.